The van der Waals surface area contributed by atoms with Crippen LogP contribution in [-0.4, -0.2) is 111 Å². The predicted octanol–water partition coefficient (Wildman–Crippen LogP) is 6.24. The molecule has 0 saturated carbocycles. The number of aromatic hydroxyl groups is 2. The largest absolute Gasteiger partial charge is 0.507 e. The molecule has 8 rings (SSSR count). The number of hydrogen-bond donors (Lipinski definition) is 6. The average molecular weight is 1010 g/mol. The summed E-state index contributed by atoms with van der Waals surface area (Å²) in [6, 6.07) is 9.98. The van der Waals surface area contributed by atoms with Crippen molar-refractivity contribution in [3.8, 4) is 17.2 Å². The van der Waals surface area contributed by atoms with Gasteiger partial charge in [0.15, 0.2) is 11.4 Å². The van der Waals surface area contributed by atoms with E-state index in [9.17, 15) is 29.7 Å². The number of ether oxygens (including phenoxy) is 3. The molecule has 1 amide bonds. The number of hydrazine groups is 1. The molecule has 1 saturated heterocycles. The summed E-state index contributed by atoms with van der Waals surface area (Å²) in [5.41, 5.74) is 7.53. The SMILES string of the molecule is C/C1=C/C=C/[C@H](C)C[C@@H](C)C(O)[C@@H](C)C(OC(=O)CN(N)/C=C(\N)CN(C)Cc2ccccc2)[C@H](C)C/C=C/OC2(C)Oc3c(C)c(O)c4c(O)c(c5c(c4c3C2=O)=NC2(CCN(CC(C)C)CC2)N=5)NC1=O. The van der Waals surface area contributed by atoms with E-state index in [1.54, 1.807) is 32.1 Å². The van der Waals surface area contributed by atoms with Crippen LogP contribution in [0.5, 0.6) is 17.2 Å². The van der Waals surface area contributed by atoms with Gasteiger partial charge in [-0.15, -0.1) is 0 Å². The number of aliphatic hydroxyl groups excluding tert-OH is 1. The molecule has 73 heavy (non-hydrogen) atoms. The van der Waals surface area contributed by atoms with Crippen molar-refractivity contribution in [1.29, 1.82) is 0 Å². The Morgan fingerprint density at radius 1 is 1.01 bits per heavy atom. The lowest BCUT2D eigenvalue weighted by Gasteiger charge is -2.36. The Labute approximate surface area is 428 Å². The van der Waals surface area contributed by atoms with Crippen LogP contribution in [0.15, 0.2) is 88.4 Å². The number of carbonyl (C=O) groups is 3. The first-order chi connectivity index (χ1) is 34.5. The van der Waals surface area contributed by atoms with Crippen LogP contribution in [0, 0.1) is 36.5 Å². The Kier molecular flexibility index (Phi) is 16.8. The second-order valence-electron chi connectivity index (χ2n) is 21.5. The van der Waals surface area contributed by atoms with Gasteiger partial charge in [-0.2, -0.15) is 0 Å². The highest BCUT2D eigenvalue weighted by molar-refractivity contribution is 6.19. The van der Waals surface area contributed by atoms with Gasteiger partial charge in [-0.25, -0.2) is 5.84 Å². The van der Waals surface area contributed by atoms with Gasteiger partial charge in [0.25, 0.3) is 11.7 Å². The maximum atomic E-state index is 14.8. The number of allylic oxidation sites excluding steroid dienone is 4. The van der Waals surface area contributed by atoms with Gasteiger partial charge in [-0.05, 0) is 69.0 Å². The Balaban J connectivity index is 1.21. The number of benzene rings is 3. The van der Waals surface area contributed by atoms with E-state index in [0.29, 0.717) is 69.1 Å². The first kappa shape index (κ1) is 54.5. The summed E-state index contributed by atoms with van der Waals surface area (Å²) in [6.45, 7) is 19.9. The molecule has 5 aliphatic heterocycles. The zero-order chi connectivity index (χ0) is 53.1. The topological polar surface area (TPSA) is 238 Å². The van der Waals surface area contributed by atoms with Crippen LogP contribution in [0.3, 0.4) is 0 Å². The van der Waals surface area contributed by atoms with E-state index in [1.807, 2.05) is 76.1 Å². The smallest absolute Gasteiger partial charge is 0.327 e. The van der Waals surface area contributed by atoms with Crippen LogP contribution in [-0.2, 0) is 25.6 Å². The van der Waals surface area contributed by atoms with Gasteiger partial charge in [0.2, 0.25) is 0 Å². The molecule has 394 valence electrons. The summed E-state index contributed by atoms with van der Waals surface area (Å²) in [6.07, 6.45) is 10.3. The second-order valence-corrected chi connectivity index (χ2v) is 21.5. The standard InChI is InChI=1S/C56H76N8O9/c1-32(2)27-63-23-21-56(22-24-63)60-45-42-43-49(67)38(8)52-44(42)53(69)55(9,73-52)71-25-15-18-34(4)51(72-41(65)31-64(58)30-40(57)29-62(10)28-39-19-12-11-13-20-39)37(7)48(66)36(6)26-33(3)16-14-17-35(5)54(70)59-47(50(43)68)46(45)61-56/h11-17,19-20,25,30,32-34,36-37,48,51,66-68H,18,21-24,26-29,31,57-58H2,1-10H3,(H,59,70)/b16-14+,25-15+,35-17-,40-30-/t33-,34+,36+,37+,48?,51?,55?/m0/s1. The normalized spacial score (nSPS) is 27.4. The number of aliphatic hydroxyl groups is 1. The maximum Gasteiger partial charge on any atom is 0.327 e. The molecule has 7 atom stereocenters. The number of phenols is 2. The highest BCUT2D eigenvalue weighted by Crippen LogP contribution is 2.50. The number of Topliss-reactive ketones (excluding diaryl/α,β-unsaturated/α-hetero) is 1. The summed E-state index contributed by atoms with van der Waals surface area (Å²) in [7, 11) is 1.94. The van der Waals surface area contributed by atoms with Gasteiger partial charge in [0, 0.05) is 86.8 Å². The van der Waals surface area contributed by atoms with E-state index in [1.165, 1.54) is 24.4 Å². The van der Waals surface area contributed by atoms with Crippen LogP contribution < -0.4 is 32.3 Å². The lowest BCUT2D eigenvalue weighted by molar-refractivity contribution is -0.159. The van der Waals surface area contributed by atoms with E-state index >= 15 is 0 Å². The van der Waals surface area contributed by atoms with E-state index in [-0.39, 0.29) is 74.1 Å². The number of phenolic OH excluding ortho intramolecular Hbond substituents is 2. The van der Waals surface area contributed by atoms with Crippen molar-refractivity contribution in [3.05, 3.63) is 106 Å². The summed E-state index contributed by atoms with van der Waals surface area (Å²) in [4.78, 5) is 57.3. The summed E-state index contributed by atoms with van der Waals surface area (Å²) >= 11 is 0. The van der Waals surface area contributed by atoms with Crippen molar-refractivity contribution in [2.45, 2.75) is 118 Å². The fraction of sp³-hybridized carbons (Fsp3) is 0.518. The number of nitrogens with one attached hydrogen (secondary N) is 1. The fourth-order valence-electron chi connectivity index (χ4n) is 10.7. The van der Waals surface area contributed by atoms with Crippen molar-refractivity contribution in [2.75, 3.05) is 45.1 Å². The van der Waals surface area contributed by atoms with Crippen LogP contribution in [0.4, 0.5) is 5.69 Å². The number of carbonyl (C=O) groups excluding carboxylic acids is 3. The third kappa shape index (κ3) is 12.1. The number of ketones is 1. The lowest BCUT2D eigenvalue weighted by atomic mass is 9.80. The number of rotatable bonds is 10. The number of piperidine rings is 1. The van der Waals surface area contributed by atoms with E-state index in [2.05, 4.69) is 24.1 Å². The quantitative estimate of drug-likeness (QED) is 0.0571. The van der Waals surface area contributed by atoms with Crippen LogP contribution >= 0.6 is 0 Å². The Hall–Kier alpha value is -6.27. The monoisotopic (exact) mass is 1000 g/mol. The molecule has 1 fully saturated rings. The molecule has 17 heteroatoms. The number of likely N-dealkylation sites (N-methyl/N-ethyl adjacent to an activating group) is 1. The van der Waals surface area contributed by atoms with E-state index < -0.39 is 53.0 Å². The van der Waals surface area contributed by atoms with Crippen molar-refractivity contribution < 1.29 is 43.9 Å². The second kappa shape index (κ2) is 22.5. The third-order valence-electron chi connectivity index (χ3n) is 14.6. The fourth-order valence-corrected chi connectivity index (χ4v) is 10.7. The van der Waals surface area contributed by atoms with Crippen molar-refractivity contribution >= 4 is 34.1 Å². The van der Waals surface area contributed by atoms with Gasteiger partial charge in [0.1, 0.15) is 35.2 Å². The first-order valence-corrected chi connectivity index (χ1v) is 25.6. The molecule has 8 N–H and O–H groups in total. The number of fused-ring (bicyclic) bond motifs is 13. The van der Waals surface area contributed by atoms with Crippen LogP contribution in [0.1, 0.15) is 103 Å². The van der Waals surface area contributed by atoms with E-state index in [4.69, 9.17) is 35.8 Å². The van der Waals surface area contributed by atoms with Crippen molar-refractivity contribution in [2.24, 2.45) is 51.2 Å². The molecule has 5 bridgehead atoms. The number of esters is 1. The molecule has 3 aromatic rings. The summed E-state index contributed by atoms with van der Waals surface area (Å²) in [5.74, 6) is 1.21. The molecule has 3 aromatic carbocycles. The molecule has 5 heterocycles. The third-order valence-corrected chi connectivity index (χ3v) is 14.6. The summed E-state index contributed by atoms with van der Waals surface area (Å²) in [5, 5.41) is 40.6. The number of hydrogen-bond acceptors (Lipinski definition) is 16. The van der Waals surface area contributed by atoms with Gasteiger partial charge in [-0.1, -0.05) is 90.1 Å². The minimum absolute atomic E-state index is 0.0182. The number of nitrogens with two attached hydrogens (primary N) is 2. The molecule has 0 aliphatic carbocycles. The Morgan fingerprint density at radius 3 is 2.38 bits per heavy atom. The van der Waals surface area contributed by atoms with Crippen LogP contribution in [0.2, 0.25) is 0 Å². The van der Waals surface area contributed by atoms with Gasteiger partial charge < -0.3 is 50.5 Å². The predicted molar refractivity (Wildman–Crippen MR) is 280 cm³/mol. The minimum Gasteiger partial charge on any atom is -0.507 e. The maximum absolute atomic E-state index is 14.8. The highest BCUT2D eigenvalue weighted by atomic mass is 16.7. The number of nitrogens with zero attached hydrogens (tertiary/aromatic N) is 5. The zero-order valence-corrected chi connectivity index (χ0v) is 44.1. The minimum atomic E-state index is -1.92. The highest BCUT2D eigenvalue weighted by Gasteiger charge is 2.50. The molecule has 0 aromatic heterocycles. The summed E-state index contributed by atoms with van der Waals surface area (Å²) < 4.78 is 18.7. The number of likely N-dealkylation sites (tertiary alicyclic amines) is 1. The first-order valence-electron chi connectivity index (χ1n) is 25.6. The molecule has 1 spiro atoms. The van der Waals surface area contributed by atoms with Crippen LogP contribution in [0.25, 0.3) is 10.8 Å². The Bertz CT molecular complexity index is 2820. The number of amides is 1. The van der Waals surface area contributed by atoms with Gasteiger partial charge in [-0.3, -0.25) is 29.3 Å². The molecule has 5 aliphatic rings. The molecule has 17 nitrogen and oxygen atoms in total. The van der Waals surface area contributed by atoms with Gasteiger partial charge in [0.05, 0.1) is 28.7 Å². The molecule has 0 radical (unpaired) electrons. The molecular formula is C56H76N8O9. The van der Waals surface area contributed by atoms with Crippen molar-refractivity contribution in [3.63, 3.8) is 0 Å². The molecular weight excluding hydrogens is 929 g/mol. The van der Waals surface area contributed by atoms with E-state index in [0.717, 1.165) is 12.1 Å². The lowest BCUT2D eigenvalue weighted by Crippen LogP contribution is -2.43. The average Bonchev–Trinajstić information content (AvgIpc) is 3.83. The Morgan fingerprint density at radius 2 is 1.70 bits per heavy atom. The zero-order valence-electron chi connectivity index (χ0n) is 44.1. The van der Waals surface area contributed by atoms with Gasteiger partial charge >= 0.3 is 11.8 Å². The van der Waals surface area contributed by atoms with Crippen molar-refractivity contribution in [1.82, 2.24) is 14.8 Å². The molecule has 3 unspecified atom stereocenters. The number of anilines is 1.